The third kappa shape index (κ3) is 4.58. The van der Waals surface area contributed by atoms with E-state index in [4.69, 9.17) is 24.3 Å². The van der Waals surface area contributed by atoms with Crippen LogP contribution >= 0.6 is 7.75 Å². The van der Waals surface area contributed by atoms with Crippen molar-refractivity contribution in [3.63, 3.8) is 0 Å². The van der Waals surface area contributed by atoms with Crippen molar-refractivity contribution in [3.8, 4) is 0 Å². The number of unbranched alkanes of at least 4 members (excludes halogenated alkanes) is 1. The Morgan fingerprint density at radius 2 is 2.33 bits per heavy atom. The van der Waals surface area contributed by atoms with E-state index in [1.165, 1.54) is 26.1 Å². The lowest BCUT2D eigenvalue weighted by molar-refractivity contribution is -0.145. The highest BCUT2D eigenvalue weighted by molar-refractivity contribution is 7.51. The van der Waals surface area contributed by atoms with Crippen molar-refractivity contribution in [2.45, 2.75) is 63.7 Å². The second kappa shape index (κ2) is 8.74. The molecule has 0 radical (unpaired) electrons. The Hall–Kier alpha value is -1.82. The predicted molar refractivity (Wildman–Crippen MR) is 104 cm³/mol. The number of nitrogen functional groups attached to an aromatic ring is 1. The number of esters is 1. The first-order valence-electron chi connectivity index (χ1n) is 9.67. The van der Waals surface area contributed by atoms with Gasteiger partial charge in [-0.25, -0.2) is 14.4 Å². The number of carbonyl (C=O) groups is 1. The van der Waals surface area contributed by atoms with Crippen LogP contribution in [0.5, 0.6) is 0 Å². The van der Waals surface area contributed by atoms with Gasteiger partial charge in [0, 0.05) is 6.20 Å². The quantitative estimate of drug-likeness (QED) is 0.300. The smallest absolute Gasteiger partial charge is 0.406 e. The van der Waals surface area contributed by atoms with Gasteiger partial charge in [0.05, 0.1) is 13.2 Å². The second-order valence-corrected chi connectivity index (χ2v) is 9.21. The fourth-order valence-corrected chi connectivity index (χ4v) is 5.06. The minimum absolute atomic E-state index is 0.0272. The van der Waals surface area contributed by atoms with Gasteiger partial charge in [0.25, 0.3) is 0 Å². The Bertz CT molecular complexity index is 891. The van der Waals surface area contributed by atoms with Crippen LogP contribution in [-0.4, -0.2) is 57.7 Å². The summed E-state index contributed by atoms with van der Waals surface area (Å²) >= 11 is 0. The number of rotatable bonds is 7. The van der Waals surface area contributed by atoms with E-state index < -0.39 is 49.5 Å². The Labute approximate surface area is 173 Å². The molecule has 1 aromatic heterocycles. The van der Waals surface area contributed by atoms with E-state index in [1.807, 2.05) is 6.92 Å². The highest BCUT2D eigenvalue weighted by atomic mass is 31.2. The Balaban J connectivity index is 1.72. The van der Waals surface area contributed by atoms with Gasteiger partial charge in [-0.1, -0.05) is 13.3 Å². The highest BCUT2D eigenvalue weighted by Gasteiger charge is 2.60. The Morgan fingerprint density at radius 1 is 1.60 bits per heavy atom. The molecule has 1 aromatic rings. The van der Waals surface area contributed by atoms with Gasteiger partial charge in [-0.15, -0.1) is 0 Å². The number of nitrogens with two attached hydrogens (primary N) is 1. The molecule has 0 amide bonds. The minimum atomic E-state index is -3.96. The van der Waals surface area contributed by atoms with Crippen molar-refractivity contribution in [2.24, 2.45) is 0 Å². The van der Waals surface area contributed by atoms with Crippen molar-refractivity contribution in [2.75, 3.05) is 18.9 Å². The van der Waals surface area contributed by atoms with Crippen LogP contribution < -0.4 is 16.5 Å². The maximum Gasteiger partial charge on any atom is 0.406 e. The largest absolute Gasteiger partial charge is 0.465 e. The average Bonchev–Trinajstić information content (AvgIpc) is 2.92. The molecule has 30 heavy (non-hydrogen) atoms. The number of fused-ring (bicyclic) bond motifs is 1. The van der Waals surface area contributed by atoms with Crippen molar-refractivity contribution in [1.82, 2.24) is 14.6 Å². The summed E-state index contributed by atoms with van der Waals surface area (Å²) in [4.78, 5) is 27.8. The summed E-state index contributed by atoms with van der Waals surface area (Å²) in [5.74, 6) is -0.570. The molecule has 2 fully saturated rings. The molecular formula is C17H27N4O8P. The summed E-state index contributed by atoms with van der Waals surface area (Å²) in [5.41, 5.74) is 3.03. The van der Waals surface area contributed by atoms with Crippen LogP contribution in [-0.2, 0) is 27.9 Å². The van der Waals surface area contributed by atoms with Crippen LogP contribution in [0.15, 0.2) is 17.1 Å². The minimum Gasteiger partial charge on any atom is -0.465 e. The van der Waals surface area contributed by atoms with E-state index in [2.05, 4.69) is 10.1 Å². The van der Waals surface area contributed by atoms with Crippen molar-refractivity contribution in [3.05, 3.63) is 22.7 Å². The molecule has 2 aliphatic rings. The molecule has 2 aliphatic heterocycles. The number of anilines is 1. The van der Waals surface area contributed by atoms with Gasteiger partial charge in [-0.2, -0.15) is 4.98 Å². The van der Waals surface area contributed by atoms with Gasteiger partial charge >= 0.3 is 19.4 Å². The average molecular weight is 446 g/mol. The van der Waals surface area contributed by atoms with Crippen LogP contribution in [0.2, 0.25) is 0 Å². The summed E-state index contributed by atoms with van der Waals surface area (Å²) in [6, 6.07) is 0.426. The van der Waals surface area contributed by atoms with Crippen LogP contribution in [0.3, 0.4) is 0 Å². The number of hydrogen-bond acceptors (Lipinski definition) is 10. The van der Waals surface area contributed by atoms with E-state index in [-0.39, 0.29) is 19.0 Å². The van der Waals surface area contributed by atoms with Gasteiger partial charge < -0.3 is 20.3 Å². The van der Waals surface area contributed by atoms with Gasteiger partial charge in [-0.05, 0) is 26.3 Å². The number of aliphatic hydroxyl groups is 1. The number of nitrogens with one attached hydrogen (secondary N) is 1. The molecule has 13 heteroatoms. The maximum absolute atomic E-state index is 13.0. The van der Waals surface area contributed by atoms with E-state index in [0.717, 1.165) is 11.0 Å². The van der Waals surface area contributed by atoms with E-state index in [0.29, 0.717) is 6.42 Å². The van der Waals surface area contributed by atoms with Crippen LogP contribution in [0.1, 0.15) is 39.8 Å². The lowest BCUT2D eigenvalue weighted by Gasteiger charge is -2.36. The van der Waals surface area contributed by atoms with Gasteiger partial charge in [0.2, 0.25) is 0 Å². The number of carbonyl (C=O) groups excluding carboxylic acids is 1. The number of nitrogens with zero attached hydrogens (tertiary/aromatic N) is 2. The molecule has 168 valence electrons. The summed E-state index contributed by atoms with van der Waals surface area (Å²) < 4.78 is 35.8. The van der Waals surface area contributed by atoms with Gasteiger partial charge in [0.1, 0.15) is 29.7 Å². The lowest BCUT2D eigenvalue weighted by atomic mass is 9.96. The zero-order valence-electron chi connectivity index (χ0n) is 17.0. The zero-order chi connectivity index (χ0) is 22.1. The number of aromatic nitrogens is 2. The molecule has 2 unspecified atom stereocenters. The van der Waals surface area contributed by atoms with Crippen molar-refractivity contribution in [1.29, 1.82) is 0 Å². The molecule has 0 aromatic carbocycles. The standard InChI is InChI=1S/C17H27N4O8P/c1-4-5-8-26-14(22)10(2)20-30(25)27-9-11-13(29-30)17(3,24)15(28-11)21-7-6-12(18)19-16(21)23/h6-7,10-11,13,15,24H,4-5,8-9H2,1-3H3,(H,20,25)(H2,18,19,23)/t10-,11+,13+,15?,17+,30?/m0/s1. The van der Waals surface area contributed by atoms with Crippen LogP contribution in [0.4, 0.5) is 5.82 Å². The fraction of sp³-hybridized carbons (Fsp3) is 0.706. The van der Waals surface area contributed by atoms with Crippen LogP contribution in [0.25, 0.3) is 0 Å². The third-order valence-electron chi connectivity index (χ3n) is 4.93. The summed E-state index contributed by atoms with van der Waals surface area (Å²) in [6.07, 6.45) is -0.138. The third-order valence-corrected chi connectivity index (χ3v) is 6.63. The zero-order valence-corrected chi connectivity index (χ0v) is 17.9. The molecule has 0 spiro atoms. The monoisotopic (exact) mass is 446 g/mol. The van der Waals surface area contributed by atoms with Crippen LogP contribution in [0, 0.1) is 0 Å². The van der Waals surface area contributed by atoms with Crippen molar-refractivity contribution >= 4 is 19.5 Å². The number of ether oxygens (including phenoxy) is 2. The summed E-state index contributed by atoms with van der Waals surface area (Å²) in [5, 5.41) is 13.6. The molecular weight excluding hydrogens is 419 g/mol. The Kier molecular flexibility index (Phi) is 6.66. The fourth-order valence-electron chi connectivity index (χ4n) is 3.30. The number of hydrogen-bond donors (Lipinski definition) is 3. The molecule has 0 saturated carbocycles. The molecule has 3 heterocycles. The van der Waals surface area contributed by atoms with E-state index in [1.54, 1.807) is 0 Å². The van der Waals surface area contributed by atoms with E-state index in [9.17, 15) is 19.3 Å². The molecule has 12 nitrogen and oxygen atoms in total. The molecule has 0 aliphatic carbocycles. The first-order chi connectivity index (χ1) is 14.1. The first-order valence-corrected chi connectivity index (χ1v) is 11.2. The van der Waals surface area contributed by atoms with Crippen molar-refractivity contribution < 1.29 is 33.0 Å². The SMILES string of the molecule is CCCCOC(=O)[C@H](C)NP1(=O)OC[C@H]2OC(n3ccc(N)nc3=O)[C@](C)(O)[C@@H]2O1. The first kappa shape index (κ1) is 22.9. The van der Waals surface area contributed by atoms with Gasteiger partial charge in [0.15, 0.2) is 6.23 Å². The second-order valence-electron chi connectivity index (χ2n) is 7.49. The summed E-state index contributed by atoms with van der Waals surface area (Å²) in [6.45, 7) is 4.90. The molecule has 0 bridgehead atoms. The predicted octanol–water partition coefficient (Wildman–Crippen LogP) is 0.319. The molecule has 3 rings (SSSR count). The van der Waals surface area contributed by atoms with Gasteiger partial charge in [-0.3, -0.25) is 18.4 Å². The molecule has 6 atom stereocenters. The Morgan fingerprint density at radius 3 is 3.00 bits per heavy atom. The normalized spacial score (nSPS) is 34.3. The molecule has 4 N–H and O–H groups in total. The molecule has 2 saturated heterocycles. The maximum atomic E-state index is 13.0. The highest BCUT2D eigenvalue weighted by Crippen LogP contribution is 2.55. The van der Waals surface area contributed by atoms with E-state index >= 15 is 0 Å². The topological polar surface area (TPSA) is 164 Å². The summed E-state index contributed by atoms with van der Waals surface area (Å²) in [7, 11) is -3.96. The lowest BCUT2D eigenvalue weighted by Crippen LogP contribution is -2.50.